The van der Waals surface area contributed by atoms with Crippen molar-refractivity contribution in [3.05, 3.63) is 0 Å². The van der Waals surface area contributed by atoms with Crippen LogP contribution in [0.4, 0.5) is 0 Å². The van der Waals surface area contributed by atoms with Crippen LogP contribution in [0.25, 0.3) is 0 Å². The molecule has 1 saturated carbocycles. The van der Waals surface area contributed by atoms with Gasteiger partial charge in [-0.1, -0.05) is 20.3 Å². The van der Waals surface area contributed by atoms with Crippen molar-refractivity contribution in [1.29, 1.82) is 0 Å². The summed E-state index contributed by atoms with van der Waals surface area (Å²) < 4.78 is 6.03. The third-order valence-corrected chi connectivity index (χ3v) is 3.82. The predicted octanol–water partition coefficient (Wildman–Crippen LogP) is 2.46. The molecule has 14 heavy (non-hydrogen) atoms. The summed E-state index contributed by atoms with van der Waals surface area (Å²) in [7, 11) is 0. The van der Waals surface area contributed by atoms with Crippen LogP contribution in [0.3, 0.4) is 0 Å². The first-order valence-electron chi connectivity index (χ1n) is 5.91. The van der Waals surface area contributed by atoms with Gasteiger partial charge in [-0.05, 0) is 37.5 Å². The molecule has 0 bridgehead atoms. The van der Waals surface area contributed by atoms with Crippen LogP contribution in [0.15, 0.2) is 0 Å². The van der Waals surface area contributed by atoms with Crippen molar-refractivity contribution in [3.8, 4) is 0 Å². The highest BCUT2D eigenvalue weighted by Crippen LogP contribution is 2.46. The lowest BCUT2D eigenvalue weighted by atomic mass is 9.67. The molecule has 0 aromatic heterocycles. The van der Waals surface area contributed by atoms with E-state index in [1.54, 1.807) is 0 Å². The van der Waals surface area contributed by atoms with Gasteiger partial charge in [0, 0.05) is 12.6 Å². The largest absolute Gasteiger partial charge is 0.375 e. The first kappa shape index (κ1) is 10.4. The first-order valence-corrected chi connectivity index (χ1v) is 5.91. The Morgan fingerprint density at radius 3 is 2.71 bits per heavy atom. The highest BCUT2D eigenvalue weighted by atomic mass is 16.5. The lowest BCUT2D eigenvalue weighted by Crippen LogP contribution is -2.49. The maximum Gasteiger partial charge on any atom is 0.0702 e. The van der Waals surface area contributed by atoms with Crippen LogP contribution < -0.4 is 5.73 Å². The lowest BCUT2D eigenvalue weighted by Gasteiger charge is -2.48. The first-order chi connectivity index (χ1) is 6.52. The van der Waals surface area contributed by atoms with Crippen LogP contribution in [-0.4, -0.2) is 18.2 Å². The Labute approximate surface area is 87.2 Å². The van der Waals surface area contributed by atoms with E-state index < -0.39 is 0 Å². The number of ether oxygens (including phenoxy) is 1. The van der Waals surface area contributed by atoms with Crippen molar-refractivity contribution >= 4 is 0 Å². The zero-order valence-corrected chi connectivity index (χ0v) is 9.51. The van der Waals surface area contributed by atoms with Gasteiger partial charge in [0.05, 0.1) is 5.60 Å². The smallest absolute Gasteiger partial charge is 0.0702 e. The summed E-state index contributed by atoms with van der Waals surface area (Å²) in [4.78, 5) is 0. The molecule has 2 fully saturated rings. The summed E-state index contributed by atoms with van der Waals surface area (Å²) in [6.07, 6.45) is 7.20. The van der Waals surface area contributed by atoms with Gasteiger partial charge < -0.3 is 10.5 Å². The van der Waals surface area contributed by atoms with E-state index in [0.29, 0.717) is 11.5 Å². The molecule has 1 saturated heterocycles. The summed E-state index contributed by atoms with van der Waals surface area (Å²) in [5, 5.41) is 0. The van der Waals surface area contributed by atoms with Gasteiger partial charge in [-0.25, -0.2) is 0 Å². The molecule has 0 amide bonds. The van der Waals surface area contributed by atoms with Gasteiger partial charge in [0.25, 0.3) is 0 Å². The molecule has 1 aliphatic carbocycles. The highest BCUT2D eigenvalue weighted by molar-refractivity contribution is 4.96. The highest BCUT2D eigenvalue weighted by Gasteiger charge is 2.43. The molecule has 1 spiro atoms. The van der Waals surface area contributed by atoms with E-state index in [0.717, 1.165) is 19.4 Å². The van der Waals surface area contributed by atoms with Crippen LogP contribution in [-0.2, 0) is 4.74 Å². The van der Waals surface area contributed by atoms with E-state index in [2.05, 4.69) is 13.8 Å². The van der Waals surface area contributed by atoms with Crippen molar-refractivity contribution < 1.29 is 4.74 Å². The van der Waals surface area contributed by atoms with Crippen LogP contribution >= 0.6 is 0 Å². The standard InChI is InChI=1S/C12H23NO/c1-11(2)5-3-6-12(9-11)8-10(13)4-7-14-12/h10H,3-9,13H2,1-2H3. The Balaban J connectivity index is 2.06. The molecule has 2 heteroatoms. The van der Waals surface area contributed by atoms with Gasteiger partial charge in [-0.2, -0.15) is 0 Å². The van der Waals surface area contributed by atoms with E-state index >= 15 is 0 Å². The van der Waals surface area contributed by atoms with Gasteiger partial charge in [-0.3, -0.25) is 0 Å². The van der Waals surface area contributed by atoms with Crippen molar-refractivity contribution in [2.45, 2.75) is 64.0 Å². The molecule has 2 nitrogen and oxygen atoms in total. The van der Waals surface area contributed by atoms with Crippen molar-refractivity contribution in [1.82, 2.24) is 0 Å². The van der Waals surface area contributed by atoms with Gasteiger partial charge in [0.1, 0.15) is 0 Å². The van der Waals surface area contributed by atoms with Gasteiger partial charge in [-0.15, -0.1) is 0 Å². The fraction of sp³-hybridized carbons (Fsp3) is 1.00. The summed E-state index contributed by atoms with van der Waals surface area (Å²) in [5.74, 6) is 0. The van der Waals surface area contributed by atoms with Crippen molar-refractivity contribution in [2.75, 3.05) is 6.61 Å². The average molecular weight is 197 g/mol. The Morgan fingerprint density at radius 1 is 1.29 bits per heavy atom. The van der Waals surface area contributed by atoms with Crippen LogP contribution in [0.5, 0.6) is 0 Å². The molecule has 2 unspecified atom stereocenters. The average Bonchev–Trinajstić information content (AvgIpc) is 2.00. The predicted molar refractivity (Wildman–Crippen MR) is 58.1 cm³/mol. The maximum atomic E-state index is 6.05. The Hall–Kier alpha value is -0.0800. The maximum absolute atomic E-state index is 6.05. The van der Waals surface area contributed by atoms with E-state index in [9.17, 15) is 0 Å². The monoisotopic (exact) mass is 197 g/mol. The molecular weight excluding hydrogens is 174 g/mol. The zero-order valence-electron chi connectivity index (χ0n) is 9.51. The van der Waals surface area contributed by atoms with E-state index in [-0.39, 0.29) is 5.60 Å². The number of hydrogen-bond donors (Lipinski definition) is 1. The topological polar surface area (TPSA) is 35.2 Å². The van der Waals surface area contributed by atoms with Crippen LogP contribution in [0.2, 0.25) is 0 Å². The van der Waals surface area contributed by atoms with Gasteiger partial charge in [0.15, 0.2) is 0 Å². The molecule has 0 aromatic carbocycles. The van der Waals surface area contributed by atoms with Crippen LogP contribution in [0, 0.1) is 5.41 Å². The molecule has 0 aromatic rings. The number of hydrogen-bond acceptors (Lipinski definition) is 2. The summed E-state index contributed by atoms with van der Waals surface area (Å²) in [6, 6.07) is 0.373. The minimum atomic E-state index is 0.138. The Bertz CT molecular complexity index is 210. The molecule has 0 radical (unpaired) electrons. The fourth-order valence-corrected chi connectivity index (χ4v) is 3.30. The third kappa shape index (κ3) is 2.12. The third-order valence-electron chi connectivity index (χ3n) is 3.82. The van der Waals surface area contributed by atoms with Crippen molar-refractivity contribution in [3.63, 3.8) is 0 Å². The van der Waals surface area contributed by atoms with Gasteiger partial charge in [0.2, 0.25) is 0 Å². The molecule has 2 aliphatic rings. The van der Waals surface area contributed by atoms with Crippen molar-refractivity contribution in [2.24, 2.45) is 11.1 Å². The minimum absolute atomic E-state index is 0.138. The number of rotatable bonds is 0. The summed E-state index contributed by atoms with van der Waals surface area (Å²) in [5.41, 5.74) is 6.64. The van der Waals surface area contributed by atoms with Gasteiger partial charge >= 0.3 is 0 Å². The fourth-order valence-electron chi connectivity index (χ4n) is 3.30. The molecule has 1 aliphatic heterocycles. The Kier molecular flexibility index (Phi) is 2.61. The number of nitrogens with two attached hydrogens (primary N) is 1. The minimum Gasteiger partial charge on any atom is -0.375 e. The molecule has 2 atom stereocenters. The summed E-state index contributed by atoms with van der Waals surface area (Å²) >= 11 is 0. The molecule has 82 valence electrons. The second kappa shape index (κ2) is 3.49. The molecule has 2 N–H and O–H groups in total. The quantitative estimate of drug-likeness (QED) is 0.647. The molecule has 1 heterocycles. The van der Waals surface area contributed by atoms with Crippen LogP contribution in [0.1, 0.15) is 52.4 Å². The zero-order chi connectivity index (χ0) is 10.2. The lowest BCUT2D eigenvalue weighted by molar-refractivity contribution is -0.128. The SMILES string of the molecule is CC1(C)CCCC2(CC(N)CCO2)C1. The summed E-state index contributed by atoms with van der Waals surface area (Å²) in [6.45, 7) is 5.59. The molecular formula is C12H23NO. The second-order valence-electron chi connectivity index (χ2n) is 5.98. The normalized spacial score (nSPS) is 42.6. The molecule has 2 rings (SSSR count). The second-order valence-corrected chi connectivity index (χ2v) is 5.98. The van der Waals surface area contributed by atoms with E-state index in [1.165, 1.54) is 25.7 Å². The Morgan fingerprint density at radius 2 is 2.07 bits per heavy atom. The van der Waals surface area contributed by atoms with E-state index in [4.69, 9.17) is 10.5 Å². The van der Waals surface area contributed by atoms with E-state index in [1.807, 2.05) is 0 Å².